The lowest BCUT2D eigenvalue weighted by molar-refractivity contribution is -0.121. The van der Waals surface area contributed by atoms with E-state index < -0.39 is 0 Å². The van der Waals surface area contributed by atoms with E-state index >= 15 is 0 Å². The third-order valence-electron chi connectivity index (χ3n) is 5.22. The van der Waals surface area contributed by atoms with Crippen LogP contribution in [0.1, 0.15) is 102 Å². The van der Waals surface area contributed by atoms with Crippen LogP contribution in [0.4, 0.5) is 0 Å². The van der Waals surface area contributed by atoms with Crippen molar-refractivity contribution >= 4 is 5.91 Å². The van der Waals surface area contributed by atoms with Gasteiger partial charge in [0.25, 0.3) is 0 Å². The average molecular weight is 416 g/mol. The van der Waals surface area contributed by atoms with Crippen LogP contribution in [0.3, 0.4) is 0 Å². The molecule has 4 nitrogen and oxygen atoms in total. The van der Waals surface area contributed by atoms with E-state index in [1.807, 2.05) is 0 Å². The molecule has 0 aliphatic rings. The number of ether oxygens (including phenoxy) is 1. The molecule has 168 valence electrons. The van der Waals surface area contributed by atoms with Gasteiger partial charge in [-0.2, -0.15) is 0 Å². The summed E-state index contributed by atoms with van der Waals surface area (Å²) in [7, 11) is 1.52. The minimum Gasteiger partial charge on any atom is -0.504 e. The molecule has 2 N–H and O–H groups in total. The van der Waals surface area contributed by atoms with Gasteiger partial charge in [-0.25, -0.2) is 0 Å². The van der Waals surface area contributed by atoms with Gasteiger partial charge in [-0.15, -0.1) is 11.8 Å². The number of amides is 1. The van der Waals surface area contributed by atoms with E-state index in [2.05, 4.69) is 24.1 Å². The lowest BCUT2D eigenvalue weighted by Gasteiger charge is -2.08. The molecule has 0 bridgehead atoms. The van der Waals surface area contributed by atoms with Crippen LogP contribution in [-0.2, 0) is 11.3 Å². The fourth-order valence-electron chi connectivity index (χ4n) is 3.32. The minimum absolute atomic E-state index is 0.0790. The number of hydrogen-bond donors (Lipinski definition) is 2. The standard InChI is InChI=1S/C26H41NO3/c1-3-4-5-6-7-8-9-10-11-12-13-14-15-16-17-18-26(29)27-22-23-19-20-24(28)25(21-23)30-2/h19-21,28H,3-7,10-18,22H2,1-2H3,(H,27,29). The van der Waals surface area contributed by atoms with Gasteiger partial charge in [0.05, 0.1) is 7.11 Å². The Morgan fingerprint density at radius 3 is 2.17 bits per heavy atom. The highest BCUT2D eigenvalue weighted by atomic mass is 16.5. The molecule has 0 saturated heterocycles. The molecule has 0 radical (unpaired) electrons. The highest BCUT2D eigenvalue weighted by Crippen LogP contribution is 2.26. The van der Waals surface area contributed by atoms with Gasteiger partial charge in [0.1, 0.15) is 0 Å². The van der Waals surface area contributed by atoms with E-state index in [1.54, 1.807) is 18.2 Å². The number of carbonyl (C=O) groups excluding carboxylic acids is 1. The summed E-state index contributed by atoms with van der Waals surface area (Å²) in [5, 5.41) is 12.5. The van der Waals surface area contributed by atoms with E-state index in [1.165, 1.54) is 64.9 Å². The van der Waals surface area contributed by atoms with Gasteiger partial charge in [-0.05, 0) is 37.0 Å². The van der Waals surface area contributed by atoms with Crippen molar-refractivity contribution in [2.45, 2.75) is 103 Å². The molecule has 1 amide bonds. The summed E-state index contributed by atoms with van der Waals surface area (Å²) in [4.78, 5) is 12.0. The van der Waals surface area contributed by atoms with Crippen molar-refractivity contribution < 1.29 is 14.6 Å². The first-order chi connectivity index (χ1) is 14.7. The molecular weight excluding hydrogens is 374 g/mol. The molecular formula is C26H41NO3. The SMILES string of the molecule is CCCCCCC#CCCCCCCCCCC(=O)NCc1ccc(O)c(OC)c1. The summed E-state index contributed by atoms with van der Waals surface area (Å²) in [6, 6.07) is 5.12. The van der Waals surface area contributed by atoms with Crippen molar-refractivity contribution in [3.8, 4) is 23.3 Å². The third-order valence-corrected chi connectivity index (χ3v) is 5.22. The van der Waals surface area contributed by atoms with Crippen LogP contribution in [0.5, 0.6) is 11.5 Å². The fourth-order valence-corrected chi connectivity index (χ4v) is 3.32. The second-order valence-corrected chi connectivity index (χ2v) is 7.92. The highest BCUT2D eigenvalue weighted by molar-refractivity contribution is 5.75. The maximum atomic E-state index is 12.0. The summed E-state index contributed by atoms with van der Waals surface area (Å²) in [5.41, 5.74) is 0.916. The first kappa shape index (κ1) is 25.9. The van der Waals surface area contributed by atoms with Gasteiger partial charge >= 0.3 is 0 Å². The van der Waals surface area contributed by atoms with E-state index in [0.29, 0.717) is 18.7 Å². The van der Waals surface area contributed by atoms with Gasteiger partial charge in [0, 0.05) is 25.8 Å². The van der Waals surface area contributed by atoms with Crippen molar-refractivity contribution in [1.29, 1.82) is 0 Å². The number of aromatic hydroxyl groups is 1. The summed E-state index contributed by atoms with van der Waals surface area (Å²) >= 11 is 0. The topological polar surface area (TPSA) is 58.6 Å². The Morgan fingerprint density at radius 2 is 1.53 bits per heavy atom. The maximum absolute atomic E-state index is 12.0. The van der Waals surface area contributed by atoms with Gasteiger partial charge in [-0.1, -0.05) is 64.4 Å². The smallest absolute Gasteiger partial charge is 0.220 e. The lowest BCUT2D eigenvalue weighted by atomic mass is 10.1. The molecule has 0 aliphatic carbocycles. The Kier molecular flexibility index (Phi) is 15.3. The van der Waals surface area contributed by atoms with Crippen molar-refractivity contribution in [1.82, 2.24) is 5.32 Å². The first-order valence-corrected chi connectivity index (χ1v) is 11.8. The molecule has 30 heavy (non-hydrogen) atoms. The molecule has 1 aromatic carbocycles. The fraction of sp³-hybridized carbons (Fsp3) is 0.654. The first-order valence-electron chi connectivity index (χ1n) is 11.8. The molecule has 4 heteroatoms. The Bertz CT molecular complexity index is 645. The lowest BCUT2D eigenvalue weighted by Crippen LogP contribution is -2.22. The molecule has 0 fully saturated rings. The summed E-state index contributed by atoms with van der Waals surface area (Å²) in [6.45, 7) is 2.69. The number of rotatable bonds is 16. The number of hydrogen-bond acceptors (Lipinski definition) is 3. The molecule has 0 atom stereocenters. The van der Waals surface area contributed by atoms with Crippen LogP contribution in [0.15, 0.2) is 18.2 Å². The number of methoxy groups -OCH3 is 1. The minimum atomic E-state index is 0.0790. The highest BCUT2D eigenvalue weighted by Gasteiger charge is 2.05. The zero-order valence-electron chi connectivity index (χ0n) is 19.1. The molecule has 1 aromatic rings. The number of benzene rings is 1. The second-order valence-electron chi connectivity index (χ2n) is 7.92. The van der Waals surface area contributed by atoms with Crippen LogP contribution in [-0.4, -0.2) is 18.1 Å². The summed E-state index contributed by atoms with van der Waals surface area (Å²) < 4.78 is 5.08. The van der Waals surface area contributed by atoms with Crippen LogP contribution >= 0.6 is 0 Å². The van der Waals surface area contributed by atoms with Crippen molar-refractivity contribution in [3.63, 3.8) is 0 Å². The van der Waals surface area contributed by atoms with Crippen molar-refractivity contribution in [2.75, 3.05) is 7.11 Å². The monoisotopic (exact) mass is 415 g/mol. The Balaban J connectivity index is 1.93. The second kappa shape index (κ2) is 17.7. The van der Waals surface area contributed by atoms with Crippen LogP contribution in [0.25, 0.3) is 0 Å². The Hall–Kier alpha value is -2.15. The molecule has 0 unspecified atom stereocenters. The van der Waals surface area contributed by atoms with Crippen LogP contribution < -0.4 is 10.1 Å². The van der Waals surface area contributed by atoms with E-state index in [0.717, 1.165) is 31.2 Å². The van der Waals surface area contributed by atoms with Crippen LogP contribution in [0.2, 0.25) is 0 Å². The van der Waals surface area contributed by atoms with E-state index in [4.69, 9.17) is 4.74 Å². The number of phenolic OH excluding ortho intramolecular Hbond substituents is 1. The molecule has 0 aromatic heterocycles. The van der Waals surface area contributed by atoms with Gasteiger partial charge < -0.3 is 15.2 Å². The number of carbonyl (C=O) groups is 1. The van der Waals surface area contributed by atoms with Crippen LogP contribution in [0, 0.1) is 11.8 Å². The number of nitrogens with one attached hydrogen (secondary N) is 1. The van der Waals surface area contributed by atoms with Gasteiger partial charge in [0.15, 0.2) is 11.5 Å². The summed E-state index contributed by atoms with van der Waals surface area (Å²) in [6.07, 6.45) is 16.1. The maximum Gasteiger partial charge on any atom is 0.220 e. The van der Waals surface area contributed by atoms with Crippen molar-refractivity contribution in [3.05, 3.63) is 23.8 Å². The van der Waals surface area contributed by atoms with E-state index in [-0.39, 0.29) is 11.7 Å². The zero-order chi connectivity index (χ0) is 21.9. The largest absolute Gasteiger partial charge is 0.504 e. The predicted molar refractivity (Wildman–Crippen MR) is 125 cm³/mol. The normalized spacial score (nSPS) is 10.3. The zero-order valence-corrected chi connectivity index (χ0v) is 19.1. The summed E-state index contributed by atoms with van der Waals surface area (Å²) in [5.74, 6) is 7.22. The molecule has 1 rings (SSSR count). The molecule has 0 spiro atoms. The number of phenols is 1. The molecule has 0 aliphatic heterocycles. The average Bonchev–Trinajstić information content (AvgIpc) is 2.75. The van der Waals surface area contributed by atoms with Gasteiger partial charge in [0.2, 0.25) is 5.91 Å². The third kappa shape index (κ3) is 13.1. The quantitative estimate of drug-likeness (QED) is 0.239. The Morgan fingerprint density at radius 1 is 0.933 bits per heavy atom. The number of unbranched alkanes of at least 4 members (excludes halogenated alkanes) is 11. The van der Waals surface area contributed by atoms with Gasteiger partial charge in [-0.3, -0.25) is 4.79 Å². The van der Waals surface area contributed by atoms with E-state index in [9.17, 15) is 9.90 Å². The van der Waals surface area contributed by atoms with Crippen molar-refractivity contribution in [2.24, 2.45) is 0 Å². The molecule has 0 saturated carbocycles. The Labute approximate surface area is 183 Å². The molecule has 0 heterocycles. The predicted octanol–water partition coefficient (Wildman–Crippen LogP) is 6.50.